The number of hydrogen-bond acceptors (Lipinski definition) is 5. The van der Waals surface area contributed by atoms with Crippen LogP contribution in [0.1, 0.15) is 33.2 Å². The second-order valence-electron chi connectivity index (χ2n) is 8.88. The fourth-order valence-electron chi connectivity index (χ4n) is 3.66. The van der Waals surface area contributed by atoms with Crippen LogP contribution < -0.4 is 16.0 Å². The molecule has 0 aliphatic heterocycles. The van der Waals surface area contributed by atoms with Gasteiger partial charge >= 0.3 is 0 Å². The molecule has 206 valence electrons. The zero-order valence-electron chi connectivity index (χ0n) is 22.0. The highest BCUT2D eigenvalue weighted by atomic mass is 35.5. The maximum Gasteiger partial charge on any atom is 0.272 e. The highest BCUT2D eigenvalue weighted by Crippen LogP contribution is 2.23. The van der Waals surface area contributed by atoms with E-state index in [9.17, 15) is 19.2 Å². The van der Waals surface area contributed by atoms with Gasteiger partial charge in [-0.3, -0.25) is 19.2 Å². The highest BCUT2D eigenvalue weighted by Gasteiger charge is 2.15. The molecule has 0 atom stereocenters. The summed E-state index contributed by atoms with van der Waals surface area (Å²) in [5, 5.41) is 8.88. The number of carbonyl (C=O) groups is 4. The average molecular weight is 584 g/mol. The van der Waals surface area contributed by atoms with Crippen LogP contribution in [-0.4, -0.2) is 29.3 Å². The van der Waals surface area contributed by atoms with Crippen LogP contribution in [0.25, 0.3) is 6.08 Å². The van der Waals surface area contributed by atoms with Crippen molar-refractivity contribution >= 4 is 64.3 Å². The summed E-state index contributed by atoms with van der Waals surface area (Å²) in [6.45, 7) is 1.48. The molecule has 3 amide bonds. The lowest BCUT2D eigenvalue weighted by Gasteiger charge is -2.12. The standard InChI is InChI=1S/C32H26ClN3O4S/c1-21(37)23-12-16-26(17-13-23)34-30(38)20-41-28-9-5-8-27(19-28)35-32(40)29(18-22-10-14-25(33)15-11-22)36-31(39)24-6-3-2-4-7-24/h2-19H,20H2,1H3,(H,34,38)(H,35,40)(H,36,39)/b29-18-. The maximum absolute atomic E-state index is 13.3. The number of carbonyl (C=O) groups excluding carboxylic acids is 4. The fraction of sp³-hybridized carbons (Fsp3) is 0.0625. The van der Waals surface area contributed by atoms with Gasteiger partial charge in [-0.2, -0.15) is 0 Å². The molecule has 0 radical (unpaired) electrons. The van der Waals surface area contributed by atoms with Gasteiger partial charge in [0, 0.05) is 32.4 Å². The summed E-state index contributed by atoms with van der Waals surface area (Å²) in [6, 6.07) is 29.2. The van der Waals surface area contributed by atoms with Crippen molar-refractivity contribution in [2.75, 3.05) is 16.4 Å². The molecular weight excluding hydrogens is 558 g/mol. The van der Waals surface area contributed by atoms with Crippen LogP contribution in [-0.2, 0) is 9.59 Å². The molecule has 41 heavy (non-hydrogen) atoms. The van der Waals surface area contributed by atoms with E-state index in [1.54, 1.807) is 103 Å². The maximum atomic E-state index is 13.3. The van der Waals surface area contributed by atoms with E-state index in [2.05, 4.69) is 16.0 Å². The zero-order chi connectivity index (χ0) is 29.2. The van der Waals surface area contributed by atoms with Crippen molar-refractivity contribution < 1.29 is 19.2 Å². The van der Waals surface area contributed by atoms with Gasteiger partial charge in [-0.15, -0.1) is 11.8 Å². The van der Waals surface area contributed by atoms with Crippen molar-refractivity contribution in [2.45, 2.75) is 11.8 Å². The molecule has 0 fully saturated rings. The third-order valence-electron chi connectivity index (χ3n) is 5.75. The quantitative estimate of drug-likeness (QED) is 0.110. The first kappa shape index (κ1) is 29.3. The van der Waals surface area contributed by atoms with Crippen molar-refractivity contribution in [2.24, 2.45) is 0 Å². The van der Waals surface area contributed by atoms with Crippen molar-refractivity contribution in [3.63, 3.8) is 0 Å². The fourth-order valence-corrected chi connectivity index (χ4v) is 4.55. The summed E-state index contributed by atoms with van der Waals surface area (Å²) in [5.41, 5.74) is 2.81. The Hall–Kier alpha value is -4.66. The minimum atomic E-state index is -0.516. The molecule has 7 nitrogen and oxygen atoms in total. The van der Waals surface area contributed by atoms with Gasteiger partial charge in [-0.25, -0.2) is 0 Å². The smallest absolute Gasteiger partial charge is 0.272 e. The van der Waals surface area contributed by atoms with Gasteiger partial charge in [0.05, 0.1) is 5.75 Å². The summed E-state index contributed by atoms with van der Waals surface area (Å²) < 4.78 is 0. The van der Waals surface area contributed by atoms with Crippen molar-refractivity contribution in [3.8, 4) is 0 Å². The minimum absolute atomic E-state index is 0.0448. The molecule has 4 aromatic carbocycles. The Kier molecular flexibility index (Phi) is 10.1. The SMILES string of the molecule is CC(=O)c1ccc(NC(=O)CSc2cccc(NC(=O)/C(=C/c3ccc(Cl)cc3)NC(=O)c3ccccc3)c2)cc1. The van der Waals surface area contributed by atoms with E-state index in [1.165, 1.54) is 18.7 Å². The summed E-state index contributed by atoms with van der Waals surface area (Å²) >= 11 is 7.29. The Labute approximate surface area is 247 Å². The number of amides is 3. The van der Waals surface area contributed by atoms with Crippen LogP contribution in [0, 0.1) is 0 Å². The Bertz CT molecular complexity index is 1590. The summed E-state index contributed by atoms with van der Waals surface area (Å²) in [6.07, 6.45) is 1.57. The van der Waals surface area contributed by atoms with Gasteiger partial charge in [-0.05, 0) is 85.3 Å². The third-order valence-corrected chi connectivity index (χ3v) is 6.99. The lowest BCUT2D eigenvalue weighted by Crippen LogP contribution is -2.30. The van der Waals surface area contributed by atoms with Crippen molar-refractivity contribution in [3.05, 3.63) is 131 Å². The van der Waals surface area contributed by atoms with Crippen LogP contribution in [0.3, 0.4) is 0 Å². The largest absolute Gasteiger partial charge is 0.325 e. The van der Waals surface area contributed by atoms with Crippen LogP contribution in [0.4, 0.5) is 11.4 Å². The number of rotatable bonds is 10. The van der Waals surface area contributed by atoms with E-state index in [0.717, 1.165) is 4.90 Å². The Morgan fingerprint density at radius 3 is 2.15 bits per heavy atom. The molecule has 3 N–H and O–H groups in total. The number of nitrogens with one attached hydrogen (secondary N) is 3. The Morgan fingerprint density at radius 2 is 1.46 bits per heavy atom. The first-order valence-electron chi connectivity index (χ1n) is 12.6. The molecule has 0 aliphatic carbocycles. The lowest BCUT2D eigenvalue weighted by atomic mass is 10.1. The molecule has 9 heteroatoms. The normalized spacial score (nSPS) is 10.9. The monoisotopic (exact) mass is 583 g/mol. The second-order valence-corrected chi connectivity index (χ2v) is 10.4. The molecule has 0 unspecified atom stereocenters. The Morgan fingerprint density at radius 1 is 0.756 bits per heavy atom. The molecule has 4 aromatic rings. The van der Waals surface area contributed by atoms with E-state index < -0.39 is 11.8 Å². The summed E-state index contributed by atoms with van der Waals surface area (Å²) in [5.74, 6) is -1.06. The van der Waals surface area contributed by atoms with E-state index in [-0.39, 0.29) is 23.1 Å². The highest BCUT2D eigenvalue weighted by molar-refractivity contribution is 8.00. The van der Waals surface area contributed by atoms with E-state index in [4.69, 9.17) is 11.6 Å². The number of Topliss-reactive ketones (excluding diaryl/α,β-unsaturated/α-hetero) is 1. The number of benzene rings is 4. The van der Waals surface area contributed by atoms with Gasteiger partial charge in [0.25, 0.3) is 11.8 Å². The molecule has 0 aromatic heterocycles. The second kappa shape index (κ2) is 14.1. The van der Waals surface area contributed by atoms with Crippen LogP contribution in [0.2, 0.25) is 5.02 Å². The van der Waals surface area contributed by atoms with E-state index >= 15 is 0 Å². The average Bonchev–Trinajstić information content (AvgIpc) is 2.97. The molecule has 0 heterocycles. The first-order chi connectivity index (χ1) is 19.8. The zero-order valence-corrected chi connectivity index (χ0v) is 23.6. The minimum Gasteiger partial charge on any atom is -0.325 e. The van der Waals surface area contributed by atoms with Crippen molar-refractivity contribution in [1.29, 1.82) is 0 Å². The number of thioether (sulfide) groups is 1. The first-order valence-corrected chi connectivity index (χ1v) is 13.9. The summed E-state index contributed by atoms with van der Waals surface area (Å²) in [4.78, 5) is 50.8. The molecule has 0 spiro atoms. The van der Waals surface area contributed by atoms with E-state index in [1.807, 2.05) is 6.07 Å². The topological polar surface area (TPSA) is 104 Å². The molecule has 0 saturated carbocycles. The lowest BCUT2D eigenvalue weighted by molar-refractivity contribution is -0.114. The third kappa shape index (κ3) is 8.93. The number of hydrogen-bond donors (Lipinski definition) is 3. The van der Waals surface area contributed by atoms with E-state index in [0.29, 0.717) is 33.1 Å². The number of halogens is 1. The van der Waals surface area contributed by atoms with Gasteiger partial charge in [0.1, 0.15) is 5.70 Å². The number of ketones is 1. The van der Waals surface area contributed by atoms with Crippen LogP contribution >= 0.6 is 23.4 Å². The molecule has 0 aliphatic rings. The van der Waals surface area contributed by atoms with Crippen LogP contribution in [0.15, 0.2) is 114 Å². The number of anilines is 2. The predicted molar refractivity (Wildman–Crippen MR) is 164 cm³/mol. The van der Waals surface area contributed by atoms with Crippen molar-refractivity contribution in [1.82, 2.24) is 5.32 Å². The van der Waals surface area contributed by atoms with Gasteiger partial charge in [-0.1, -0.05) is 48.0 Å². The predicted octanol–water partition coefficient (Wildman–Crippen LogP) is 6.68. The molecule has 0 saturated heterocycles. The Balaban J connectivity index is 1.42. The molecule has 4 rings (SSSR count). The van der Waals surface area contributed by atoms with Gasteiger partial charge in [0.2, 0.25) is 5.91 Å². The molecular formula is C32H26ClN3O4S. The van der Waals surface area contributed by atoms with Crippen LogP contribution in [0.5, 0.6) is 0 Å². The van der Waals surface area contributed by atoms with Gasteiger partial charge < -0.3 is 16.0 Å². The summed E-state index contributed by atoms with van der Waals surface area (Å²) in [7, 11) is 0. The molecule has 0 bridgehead atoms. The van der Waals surface area contributed by atoms with Gasteiger partial charge in [0.15, 0.2) is 5.78 Å².